The highest BCUT2D eigenvalue weighted by atomic mass is 16.5. The van der Waals surface area contributed by atoms with Gasteiger partial charge < -0.3 is 9.47 Å². The number of benzene rings is 5. The lowest BCUT2D eigenvalue weighted by Crippen LogP contribution is -1.97. The van der Waals surface area contributed by atoms with Crippen LogP contribution in [-0.2, 0) is 13.2 Å². The average molecular weight is 613 g/mol. The molecule has 0 unspecified atom stereocenters. The fourth-order valence-corrected chi connectivity index (χ4v) is 5.21. The highest BCUT2D eigenvalue weighted by Gasteiger charge is 2.07. The van der Waals surface area contributed by atoms with E-state index in [1.54, 1.807) is 12.4 Å². The summed E-state index contributed by atoms with van der Waals surface area (Å²) in [7, 11) is 0. The molecule has 2 aromatic heterocycles. The van der Waals surface area contributed by atoms with Crippen LogP contribution in [0.5, 0.6) is 11.5 Å². The predicted octanol–water partition coefficient (Wildman–Crippen LogP) is 9.75. The Bertz CT molecular complexity index is 2210. The smallest absolute Gasteiger partial charge is 0.146 e. The van der Waals surface area contributed by atoms with Crippen LogP contribution in [0.2, 0.25) is 0 Å². The van der Waals surface area contributed by atoms with Crippen molar-refractivity contribution in [2.75, 3.05) is 0 Å². The van der Waals surface area contributed by atoms with Crippen LogP contribution in [0.3, 0.4) is 0 Å². The SMILES string of the molecule is Cc1ccc(N=Cc2ccc3cccc(OCc4ccccc4)c3n2)cc1N=Cc1ccc2cccc(OCc3ccccc3)c2n1. The minimum absolute atomic E-state index is 0.477. The Morgan fingerprint density at radius 1 is 0.532 bits per heavy atom. The van der Waals surface area contributed by atoms with E-state index < -0.39 is 0 Å². The van der Waals surface area contributed by atoms with Crippen LogP contribution in [-0.4, -0.2) is 22.4 Å². The van der Waals surface area contributed by atoms with Crippen LogP contribution in [0.1, 0.15) is 28.1 Å². The molecule has 6 heteroatoms. The Hall–Kier alpha value is -6.14. The second kappa shape index (κ2) is 13.9. The Balaban J connectivity index is 1.08. The lowest BCUT2D eigenvalue weighted by Gasteiger charge is -2.09. The summed E-state index contributed by atoms with van der Waals surface area (Å²) in [4.78, 5) is 19.2. The number of nitrogens with zero attached hydrogens (tertiary/aromatic N) is 4. The Kier molecular flexibility index (Phi) is 8.73. The van der Waals surface area contributed by atoms with Crippen LogP contribution in [0, 0.1) is 6.92 Å². The molecule has 0 saturated heterocycles. The molecule has 47 heavy (non-hydrogen) atoms. The third-order valence-electron chi connectivity index (χ3n) is 7.76. The second-order valence-electron chi connectivity index (χ2n) is 11.2. The molecule has 0 spiro atoms. The lowest BCUT2D eigenvalue weighted by atomic mass is 10.1. The van der Waals surface area contributed by atoms with Gasteiger partial charge in [-0.05, 0) is 60.0 Å². The lowest BCUT2D eigenvalue weighted by molar-refractivity contribution is 0.309. The first-order valence-electron chi connectivity index (χ1n) is 15.5. The van der Waals surface area contributed by atoms with Crippen molar-refractivity contribution in [3.05, 3.63) is 168 Å². The number of para-hydroxylation sites is 2. The summed E-state index contributed by atoms with van der Waals surface area (Å²) in [6, 6.07) is 46.2. The highest BCUT2D eigenvalue weighted by Crippen LogP contribution is 2.28. The number of fused-ring (bicyclic) bond motifs is 2. The quantitative estimate of drug-likeness (QED) is 0.144. The zero-order chi connectivity index (χ0) is 31.8. The number of aromatic nitrogens is 2. The van der Waals surface area contributed by atoms with Crippen LogP contribution < -0.4 is 9.47 Å². The second-order valence-corrected chi connectivity index (χ2v) is 11.2. The van der Waals surface area contributed by atoms with Crippen molar-refractivity contribution in [2.45, 2.75) is 20.1 Å². The van der Waals surface area contributed by atoms with Gasteiger partial charge in [0.25, 0.3) is 0 Å². The van der Waals surface area contributed by atoms with Gasteiger partial charge in [-0.3, -0.25) is 9.98 Å². The van der Waals surface area contributed by atoms with Gasteiger partial charge >= 0.3 is 0 Å². The standard InChI is InChI=1S/C41H32N4O2/c1-29-18-21-34(42-25-35-22-19-32-14-8-16-38(40(32)44-35)46-27-30-10-4-2-5-11-30)24-37(29)43-26-36-23-20-33-15-9-17-39(41(33)45-36)47-28-31-12-6-3-7-13-31/h2-26H,27-28H2,1H3. The monoisotopic (exact) mass is 612 g/mol. The predicted molar refractivity (Wildman–Crippen MR) is 191 cm³/mol. The van der Waals surface area contributed by atoms with Crippen LogP contribution >= 0.6 is 0 Å². The Morgan fingerprint density at radius 3 is 1.62 bits per heavy atom. The maximum absolute atomic E-state index is 6.15. The molecule has 0 N–H and O–H groups in total. The third kappa shape index (κ3) is 7.24. The van der Waals surface area contributed by atoms with Gasteiger partial charge in [0, 0.05) is 10.8 Å². The largest absolute Gasteiger partial charge is 0.487 e. The number of ether oxygens (including phenoxy) is 2. The number of rotatable bonds is 10. The van der Waals surface area contributed by atoms with E-state index in [-0.39, 0.29) is 0 Å². The Labute approximate surface area is 273 Å². The molecule has 0 aliphatic rings. The number of pyridine rings is 2. The van der Waals surface area contributed by atoms with Gasteiger partial charge in [0.2, 0.25) is 0 Å². The summed E-state index contributed by atoms with van der Waals surface area (Å²) in [5.41, 5.74) is 7.94. The molecule has 0 atom stereocenters. The van der Waals surface area contributed by atoms with Gasteiger partial charge in [-0.25, -0.2) is 9.97 Å². The first-order valence-corrected chi connectivity index (χ1v) is 15.5. The molecule has 2 heterocycles. The zero-order valence-corrected chi connectivity index (χ0v) is 26.0. The number of hydrogen-bond acceptors (Lipinski definition) is 6. The summed E-state index contributed by atoms with van der Waals surface area (Å²) >= 11 is 0. The maximum Gasteiger partial charge on any atom is 0.146 e. The molecule has 7 aromatic rings. The summed E-state index contributed by atoms with van der Waals surface area (Å²) < 4.78 is 12.3. The average Bonchev–Trinajstić information content (AvgIpc) is 3.13. The van der Waals surface area contributed by atoms with E-state index in [9.17, 15) is 0 Å². The van der Waals surface area contributed by atoms with Crippen LogP contribution in [0.4, 0.5) is 11.4 Å². The molecule has 0 saturated carbocycles. The highest BCUT2D eigenvalue weighted by molar-refractivity contribution is 5.91. The molecule has 0 aliphatic carbocycles. The molecule has 0 amide bonds. The number of hydrogen-bond donors (Lipinski definition) is 0. The molecule has 0 radical (unpaired) electrons. The Morgan fingerprint density at radius 2 is 1.06 bits per heavy atom. The maximum atomic E-state index is 6.15. The van der Waals surface area contributed by atoms with E-state index in [0.29, 0.717) is 13.2 Å². The van der Waals surface area contributed by atoms with Crippen molar-refractivity contribution < 1.29 is 9.47 Å². The van der Waals surface area contributed by atoms with Gasteiger partial charge in [0.05, 0.1) is 35.2 Å². The van der Waals surface area contributed by atoms with Gasteiger partial charge in [-0.15, -0.1) is 0 Å². The minimum Gasteiger partial charge on any atom is -0.487 e. The van der Waals surface area contributed by atoms with Crippen LogP contribution in [0.25, 0.3) is 21.8 Å². The van der Waals surface area contributed by atoms with Gasteiger partial charge in [0.15, 0.2) is 0 Å². The summed E-state index contributed by atoms with van der Waals surface area (Å²) in [5.74, 6) is 1.48. The molecule has 228 valence electrons. The number of aryl methyl sites for hydroxylation is 1. The first-order chi connectivity index (χ1) is 23.2. The van der Waals surface area contributed by atoms with Crippen molar-refractivity contribution in [3.8, 4) is 11.5 Å². The van der Waals surface area contributed by atoms with Crippen molar-refractivity contribution in [1.29, 1.82) is 0 Å². The van der Waals surface area contributed by atoms with E-state index in [4.69, 9.17) is 29.4 Å². The summed E-state index contributed by atoms with van der Waals surface area (Å²) in [6.45, 7) is 2.99. The van der Waals surface area contributed by atoms with Crippen molar-refractivity contribution in [1.82, 2.24) is 9.97 Å². The third-order valence-corrected chi connectivity index (χ3v) is 7.76. The molecular weight excluding hydrogens is 580 g/mol. The van der Waals surface area contributed by atoms with Gasteiger partial charge in [-0.1, -0.05) is 103 Å². The molecule has 0 aliphatic heterocycles. The molecular formula is C41H32N4O2. The molecule has 6 nitrogen and oxygen atoms in total. The van der Waals surface area contributed by atoms with E-state index in [1.165, 1.54) is 0 Å². The summed E-state index contributed by atoms with van der Waals surface area (Å²) in [5, 5.41) is 2.02. The van der Waals surface area contributed by atoms with Gasteiger partial charge in [-0.2, -0.15) is 0 Å². The zero-order valence-electron chi connectivity index (χ0n) is 26.0. The van der Waals surface area contributed by atoms with Crippen molar-refractivity contribution in [3.63, 3.8) is 0 Å². The molecule has 0 bridgehead atoms. The molecule has 0 fully saturated rings. The van der Waals surface area contributed by atoms with Crippen molar-refractivity contribution >= 4 is 45.6 Å². The van der Waals surface area contributed by atoms with Gasteiger partial charge in [0.1, 0.15) is 35.7 Å². The minimum atomic E-state index is 0.477. The van der Waals surface area contributed by atoms with E-state index >= 15 is 0 Å². The first kappa shape index (κ1) is 29.6. The van der Waals surface area contributed by atoms with E-state index in [2.05, 4.69) is 12.1 Å². The topological polar surface area (TPSA) is 69.0 Å². The van der Waals surface area contributed by atoms with Crippen LogP contribution in [0.15, 0.2) is 150 Å². The van der Waals surface area contributed by atoms with Crippen molar-refractivity contribution in [2.24, 2.45) is 9.98 Å². The normalized spacial score (nSPS) is 11.5. The fourth-order valence-electron chi connectivity index (χ4n) is 5.21. The number of aliphatic imine (C=N–C) groups is 2. The van der Waals surface area contributed by atoms with E-state index in [1.807, 2.05) is 134 Å². The molecule has 5 aromatic carbocycles. The summed E-state index contributed by atoms with van der Waals surface area (Å²) in [6.07, 6.45) is 3.55. The fraction of sp³-hybridized carbons (Fsp3) is 0.0732. The molecule has 7 rings (SSSR count). The van der Waals surface area contributed by atoms with E-state index in [0.717, 1.165) is 72.8 Å².